The molecule has 0 bridgehead atoms. The second-order valence-electron chi connectivity index (χ2n) is 3.61. The molecule has 1 aliphatic heterocycles. The smallest absolute Gasteiger partial charge is 0.163 e. The van der Waals surface area contributed by atoms with E-state index in [0.717, 1.165) is 0 Å². The van der Waals surface area contributed by atoms with Gasteiger partial charge in [-0.1, -0.05) is 0 Å². The third-order valence-electron chi connectivity index (χ3n) is 1.99. The van der Waals surface area contributed by atoms with E-state index in [1.807, 2.05) is 0 Å². The molecule has 13 heavy (non-hydrogen) atoms. The fourth-order valence-corrected chi connectivity index (χ4v) is 1.24. The standard InChI is InChI=1S/C8H16O5/c1-8(2)12-4-6(13-8)7(11)5(10)3-9/h5-7,9-11H,3-4H2,1-2H3. The van der Waals surface area contributed by atoms with Crippen molar-refractivity contribution in [2.45, 2.75) is 37.9 Å². The van der Waals surface area contributed by atoms with Crippen LogP contribution in [-0.2, 0) is 9.47 Å². The maximum Gasteiger partial charge on any atom is 0.163 e. The highest BCUT2D eigenvalue weighted by molar-refractivity contribution is 4.81. The predicted molar refractivity (Wildman–Crippen MR) is 44.0 cm³/mol. The van der Waals surface area contributed by atoms with Crippen molar-refractivity contribution in [3.05, 3.63) is 0 Å². The summed E-state index contributed by atoms with van der Waals surface area (Å²) < 4.78 is 10.5. The van der Waals surface area contributed by atoms with Gasteiger partial charge in [-0.05, 0) is 13.8 Å². The summed E-state index contributed by atoms with van der Waals surface area (Å²) in [5.41, 5.74) is 0. The molecule has 5 nitrogen and oxygen atoms in total. The van der Waals surface area contributed by atoms with Crippen LogP contribution in [-0.4, -0.2) is 52.6 Å². The van der Waals surface area contributed by atoms with Gasteiger partial charge in [-0.25, -0.2) is 0 Å². The van der Waals surface area contributed by atoms with Crippen molar-refractivity contribution >= 4 is 0 Å². The fraction of sp³-hybridized carbons (Fsp3) is 1.00. The zero-order valence-electron chi connectivity index (χ0n) is 7.80. The summed E-state index contributed by atoms with van der Waals surface area (Å²) >= 11 is 0. The van der Waals surface area contributed by atoms with E-state index < -0.39 is 30.7 Å². The average molecular weight is 192 g/mol. The first kappa shape index (κ1) is 10.9. The highest BCUT2D eigenvalue weighted by atomic mass is 16.7. The second-order valence-corrected chi connectivity index (χ2v) is 3.61. The van der Waals surface area contributed by atoms with Gasteiger partial charge in [0.1, 0.15) is 18.3 Å². The quantitative estimate of drug-likeness (QED) is 0.526. The number of rotatable bonds is 3. The SMILES string of the molecule is CC1(C)OCC(C(O)C(O)CO)O1. The minimum atomic E-state index is -1.18. The van der Waals surface area contributed by atoms with Crippen LogP contribution in [0.25, 0.3) is 0 Å². The second kappa shape index (κ2) is 3.89. The predicted octanol–water partition coefficient (Wildman–Crippen LogP) is -1.15. The van der Waals surface area contributed by atoms with Crippen LogP contribution in [0.5, 0.6) is 0 Å². The highest BCUT2D eigenvalue weighted by Crippen LogP contribution is 2.24. The van der Waals surface area contributed by atoms with Crippen LogP contribution in [0.15, 0.2) is 0 Å². The van der Waals surface area contributed by atoms with E-state index in [1.165, 1.54) is 0 Å². The van der Waals surface area contributed by atoms with Crippen LogP contribution in [0.3, 0.4) is 0 Å². The third kappa shape index (κ3) is 2.62. The van der Waals surface area contributed by atoms with Gasteiger partial charge >= 0.3 is 0 Å². The first-order valence-electron chi connectivity index (χ1n) is 4.25. The van der Waals surface area contributed by atoms with E-state index in [1.54, 1.807) is 13.8 Å². The first-order chi connectivity index (χ1) is 5.96. The Bertz CT molecular complexity index is 170. The molecule has 5 heteroatoms. The number of ether oxygens (including phenoxy) is 2. The Morgan fingerprint density at radius 3 is 2.46 bits per heavy atom. The van der Waals surface area contributed by atoms with Gasteiger partial charge < -0.3 is 24.8 Å². The summed E-state index contributed by atoms with van der Waals surface area (Å²) in [6, 6.07) is 0. The van der Waals surface area contributed by atoms with E-state index in [4.69, 9.17) is 19.7 Å². The summed E-state index contributed by atoms with van der Waals surface area (Å²) in [4.78, 5) is 0. The van der Waals surface area contributed by atoms with Crippen LogP contribution in [0.4, 0.5) is 0 Å². The van der Waals surface area contributed by atoms with Gasteiger partial charge in [0, 0.05) is 0 Å². The van der Waals surface area contributed by atoms with Crippen molar-refractivity contribution in [3.8, 4) is 0 Å². The molecular formula is C8H16O5. The van der Waals surface area contributed by atoms with Crippen molar-refractivity contribution < 1.29 is 24.8 Å². The molecule has 1 fully saturated rings. The number of hydrogen-bond acceptors (Lipinski definition) is 5. The fourth-order valence-electron chi connectivity index (χ4n) is 1.24. The number of aliphatic hydroxyl groups is 3. The molecule has 78 valence electrons. The van der Waals surface area contributed by atoms with Crippen LogP contribution < -0.4 is 0 Å². The van der Waals surface area contributed by atoms with Crippen LogP contribution in [0.1, 0.15) is 13.8 Å². The van der Waals surface area contributed by atoms with Crippen LogP contribution >= 0.6 is 0 Å². The topological polar surface area (TPSA) is 79.2 Å². The summed E-state index contributed by atoms with van der Waals surface area (Å²) in [7, 11) is 0. The Kier molecular flexibility index (Phi) is 3.26. The Hall–Kier alpha value is -0.200. The van der Waals surface area contributed by atoms with Gasteiger partial charge in [-0.15, -0.1) is 0 Å². The largest absolute Gasteiger partial charge is 0.394 e. The average Bonchev–Trinajstić information content (AvgIpc) is 2.43. The van der Waals surface area contributed by atoms with E-state index in [0.29, 0.717) is 0 Å². The molecule has 0 radical (unpaired) electrons. The van der Waals surface area contributed by atoms with Gasteiger partial charge in [-0.3, -0.25) is 0 Å². The van der Waals surface area contributed by atoms with E-state index in [-0.39, 0.29) is 6.61 Å². The van der Waals surface area contributed by atoms with E-state index >= 15 is 0 Å². The van der Waals surface area contributed by atoms with Gasteiger partial charge in [0.25, 0.3) is 0 Å². The summed E-state index contributed by atoms with van der Waals surface area (Å²) in [6.07, 6.45) is -2.86. The summed E-state index contributed by atoms with van der Waals surface area (Å²) in [5, 5.41) is 27.1. The van der Waals surface area contributed by atoms with Crippen molar-refractivity contribution in [1.82, 2.24) is 0 Å². The Morgan fingerprint density at radius 2 is 2.08 bits per heavy atom. The lowest BCUT2D eigenvalue weighted by atomic mass is 10.1. The molecule has 0 spiro atoms. The lowest BCUT2D eigenvalue weighted by molar-refractivity contribution is -0.162. The molecular weight excluding hydrogens is 176 g/mol. The minimum absolute atomic E-state index is 0.227. The Balaban J connectivity index is 2.46. The van der Waals surface area contributed by atoms with Gasteiger partial charge in [-0.2, -0.15) is 0 Å². The molecule has 0 aromatic heterocycles. The molecule has 1 heterocycles. The molecule has 3 unspecified atom stereocenters. The van der Waals surface area contributed by atoms with Crippen molar-refractivity contribution in [2.75, 3.05) is 13.2 Å². The molecule has 0 amide bonds. The number of aliphatic hydroxyl groups excluding tert-OH is 3. The maximum absolute atomic E-state index is 9.43. The molecule has 3 N–H and O–H groups in total. The number of hydrogen-bond donors (Lipinski definition) is 3. The normalized spacial score (nSPS) is 31.6. The van der Waals surface area contributed by atoms with Gasteiger partial charge in [0.15, 0.2) is 5.79 Å². The summed E-state index contributed by atoms with van der Waals surface area (Å²) in [5.74, 6) is -0.721. The Labute approximate surface area is 76.9 Å². The zero-order valence-corrected chi connectivity index (χ0v) is 7.80. The third-order valence-corrected chi connectivity index (χ3v) is 1.99. The van der Waals surface area contributed by atoms with Crippen LogP contribution in [0.2, 0.25) is 0 Å². The van der Waals surface area contributed by atoms with E-state index in [9.17, 15) is 5.11 Å². The molecule has 0 aliphatic carbocycles. The molecule has 1 rings (SSSR count). The Morgan fingerprint density at radius 1 is 1.46 bits per heavy atom. The van der Waals surface area contributed by atoms with Gasteiger partial charge in [0.2, 0.25) is 0 Å². The maximum atomic E-state index is 9.43. The van der Waals surface area contributed by atoms with E-state index in [2.05, 4.69) is 0 Å². The lowest BCUT2D eigenvalue weighted by Gasteiger charge is -2.22. The van der Waals surface area contributed by atoms with Gasteiger partial charge in [0.05, 0.1) is 13.2 Å². The first-order valence-corrected chi connectivity index (χ1v) is 4.25. The van der Waals surface area contributed by atoms with Crippen molar-refractivity contribution in [3.63, 3.8) is 0 Å². The molecule has 0 aromatic carbocycles. The molecule has 1 aliphatic rings. The lowest BCUT2D eigenvalue weighted by Crippen LogP contribution is -2.41. The van der Waals surface area contributed by atoms with Crippen molar-refractivity contribution in [1.29, 1.82) is 0 Å². The molecule has 1 saturated heterocycles. The molecule has 3 atom stereocenters. The zero-order chi connectivity index (χ0) is 10.1. The minimum Gasteiger partial charge on any atom is -0.394 e. The molecule has 0 aromatic rings. The summed E-state index contributed by atoms with van der Waals surface area (Å²) in [6.45, 7) is 3.20. The van der Waals surface area contributed by atoms with Crippen molar-refractivity contribution in [2.24, 2.45) is 0 Å². The van der Waals surface area contributed by atoms with Crippen LogP contribution in [0, 0.1) is 0 Å². The molecule has 0 saturated carbocycles. The highest BCUT2D eigenvalue weighted by Gasteiger charge is 2.39. The monoisotopic (exact) mass is 192 g/mol.